The fourth-order valence-corrected chi connectivity index (χ4v) is 3.28. The summed E-state index contributed by atoms with van der Waals surface area (Å²) in [4.78, 5) is 24.9. The highest BCUT2D eigenvalue weighted by Crippen LogP contribution is 2.22. The van der Waals surface area contributed by atoms with E-state index in [1.807, 2.05) is 13.8 Å². The molecule has 134 valence electrons. The number of benzene rings is 1. The molecular formula is C16H25N3O4S. The zero-order chi connectivity index (χ0) is 18.3. The first-order valence-electron chi connectivity index (χ1n) is 7.82. The number of carbonyl (C=O) groups excluding carboxylic acids is 2. The second-order valence-electron chi connectivity index (χ2n) is 5.38. The highest BCUT2D eigenvalue weighted by atomic mass is 32.2. The summed E-state index contributed by atoms with van der Waals surface area (Å²) < 4.78 is 25.4. The van der Waals surface area contributed by atoms with Crippen LogP contribution < -0.4 is 9.62 Å². The van der Waals surface area contributed by atoms with Crippen molar-refractivity contribution in [3.63, 3.8) is 0 Å². The van der Waals surface area contributed by atoms with E-state index in [0.29, 0.717) is 24.5 Å². The Labute approximate surface area is 143 Å². The molecule has 0 atom stereocenters. The molecule has 0 heterocycles. The van der Waals surface area contributed by atoms with Crippen LogP contribution >= 0.6 is 0 Å². The van der Waals surface area contributed by atoms with Crippen molar-refractivity contribution in [3.05, 3.63) is 24.3 Å². The molecule has 2 amide bonds. The highest BCUT2D eigenvalue weighted by molar-refractivity contribution is 7.92. The maximum atomic E-state index is 12.1. The van der Waals surface area contributed by atoms with Gasteiger partial charge in [0, 0.05) is 38.7 Å². The number of amides is 2. The van der Waals surface area contributed by atoms with E-state index in [1.54, 1.807) is 29.2 Å². The first-order chi connectivity index (χ1) is 11.2. The monoisotopic (exact) mass is 355 g/mol. The predicted molar refractivity (Wildman–Crippen MR) is 95.5 cm³/mol. The van der Waals surface area contributed by atoms with E-state index in [9.17, 15) is 18.0 Å². The van der Waals surface area contributed by atoms with E-state index < -0.39 is 10.0 Å². The zero-order valence-electron chi connectivity index (χ0n) is 14.6. The average Bonchev–Trinajstić information content (AvgIpc) is 2.47. The number of nitrogens with one attached hydrogen (secondary N) is 1. The van der Waals surface area contributed by atoms with Gasteiger partial charge in [-0.1, -0.05) is 6.07 Å². The molecule has 0 saturated heterocycles. The summed E-state index contributed by atoms with van der Waals surface area (Å²) in [5, 5.41) is 2.62. The first-order valence-corrected chi connectivity index (χ1v) is 9.67. The Kier molecular flexibility index (Phi) is 7.21. The molecule has 0 unspecified atom stereocenters. The van der Waals surface area contributed by atoms with E-state index in [1.165, 1.54) is 11.2 Å². The minimum atomic E-state index is -3.55. The van der Waals surface area contributed by atoms with Gasteiger partial charge >= 0.3 is 0 Å². The summed E-state index contributed by atoms with van der Waals surface area (Å²) in [6.45, 7) is 6.37. The van der Waals surface area contributed by atoms with Crippen molar-refractivity contribution < 1.29 is 18.0 Å². The van der Waals surface area contributed by atoms with Gasteiger partial charge in [0.1, 0.15) is 0 Å². The van der Waals surface area contributed by atoms with Crippen molar-refractivity contribution >= 4 is 33.2 Å². The van der Waals surface area contributed by atoms with E-state index in [4.69, 9.17) is 0 Å². The molecule has 1 aromatic rings. The number of hydrogen-bond acceptors (Lipinski definition) is 4. The minimum absolute atomic E-state index is 0.0533. The van der Waals surface area contributed by atoms with Crippen molar-refractivity contribution in [2.75, 3.05) is 35.5 Å². The maximum absolute atomic E-state index is 12.1. The third kappa shape index (κ3) is 5.84. The molecule has 0 aliphatic rings. The van der Waals surface area contributed by atoms with Crippen molar-refractivity contribution in [1.82, 2.24) is 4.90 Å². The molecule has 0 saturated carbocycles. The molecule has 7 nitrogen and oxygen atoms in total. The van der Waals surface area contributed by atoms with Crippen LogP contribution in [0.4, 0.5) is 11.4 Å². The van der Waals surface area contributed by atoms with Crippen LogP contribution in [0, 0.1) is 0 Å². The summed E-state index contributed by atoms with van der Waals surface area (Å²) in [6, 6.07) is 6.54. The van der Waals surface area contributed by atoms with E-state index in [-0.39, 0.29) is 24.8 Å². The number of nitrogens with zero attached hydrogens (tertiary/aromatic N) is 2. The lowest BCUT2D eigenvalue weighted by Gasteiger charge is -2.25. The van der Waals surface area contributed by atoms with Crippen LogP contribution in [0.3, 0.4) is 0 Å². The van der Waals surface area contributed by atoms with Crippen molar-refractivity contribution in [3.8, 4) is 0 Å². The van der Waals surface area contributed by atoms with Crippen LogP contribution in [0.1, 0.15) is 27.2 Å². The number of rotatable bonds is 8. The summed E-state index contributed by atoms with van der Waals surface area (Å²) in [5.41, 5.74) is 0.916. The van der Waals surface area contributed by atoms with Crippen LogP contribution in [0.25, 0.3) is 0 Å². The van der Waals surface area contributed by atoms with Gasteiger partial charge in [0.05, 0.1) is 11.9 Å². The van der Waals surface area contributed by atoms with Gasteiger partial charge in [-0.3, -0.25) is 13.9 Å². The first kappa shape index (κ1) is 20.0. The molecule has 8 heteroatoms. The standard InChI is InChI=1S/C16H25N3O4S/c1-5-18(6-2)16(21)10-11-19(24(4,22)23)15-9-7-8-14(12-15)17-13(3)20/h7-9,12H,5-6,10-11H2,1-4H3,(H,17,20). The number of hydrogen-bond donors (Lipinski definition) is 1. The van der Waals surface area contributed by atoms with Crippen molar-refractivity contribution in [2.45, 2.75) is 27.2 Å². The SMILES string of the molecule is CCN(CC)C(=O)CCN(c1cccc(NC(C)=O)c1)S(C)(=O)=O. The molecule has 0 fully saturated rings. The lowest BCUT2D eigenvalue weighted by atomic mass is 10.2. The molecule has 1 rings (SSSR count). The molecule has 0 aromatic heterocycles. The molecule has 0 aliphatic carbocycles. The van der Waals surface area contributed by atoms with Gasteiger partial charge in [-0.15, -0.1) is 0 Å². The van der Waals surface area contributed by atoms with Gasteiger partial charge in [0.15, 0.2) is 0 Å². The molecular weight excluding hydrogens is 330 g/mol. The lowest BCUT2D eigenvalue weighted by Crippen LogP contribution is -2.36. The number of anilines is 2. The molecule has 0 bridgehead atoms. The second-order valence-corrected chi connectivity index (χ2v) is 7.29. The van der Waals surface area contributed by atoms with Crippen LogP contribution in [0.15, 0.2) is 24.3 Å². The van der Waals surface area contributed by atoms with Gasteiger partial charge < -0.3 is 10.2 Å². The molecule has 1 N–H and O–H groups in total. The average molecular weight is 355 g/mol. The van der Waals surface area contributed by atoms with Crippen LogP contribution in [0.5, 0.6) is 0 Å². The highest BCUT2D eigenvalue weighted by Gasteiger charge is 2.20. The molecule has 0 aliphatic heterocycles. The van der Waals surface area contributed by atoms with Gasteiger partial charge in [-0.05, 0) is 32.0 Å². The zero-order valence-corrected chi connectivity index (χ0v) is 15.4. The Balaban J connectivity index is 2.99. The summed E-state index contributed by atoms with van der Waals surface area (Å²) in [6.07, 6.45) is 1.19. The van der Waals surface area contributed by atoms with E-state index >= 15 is 0 Å². The van der Waals surface area contributed by atoms with Gasteiger partial charge in [0.25, 0.3) is 0 Å². The quantitative estimate of drug-likeness (QED) is 0.768. The van der Waals surface area contributed by atoms with Crippen LogP contribution in [0.2, 0.25) is 0 Å². The van der Waals surface area contributed by atoms with Gasteiger partial charge in [0.2, 0.25) is 21.8 Å². The summed E-state index contributed by atoms with van der Waals surface area (Å²) in [5.74, 6) is -0.332. The summed E-state index contributed by atoms with van der Waals surface area (Å²) in [7, 11) is -3.55. The smallest absolute Gasteiger partial charge is 0.232 e. The second kappa shape index (κ2) is 8.68. The van der Waals surface area contributed by atoms with E-state index in [2.05, 4.69) is 5.32 Å². The topological polar surface area (TPSA) is 86.8 Å². The molecule has 0 radical (unpaired) electrons. The fraction of sp³-hybridized carbons (Fsp3) is 0.500. The normalized spacial score (nSPS) is 11.0. The van der Waals surface area contributed by atoms with Crippen molar-refractivity contribution in [1.29, 1.82) is 0 Å². The number of sulfonamides is 1. The van der Waals surface area contributed by atoms with Crippen molar-refractivity contribution in [2.24, 2.45) is 0 Å². The van der Waals surface area contributed by atoms with E-state index in [0.717, 1.165) is 6.26 Å². The third-order valence-corrected chi connectivity index (χ3v) is 4.69. The Morgan fingerprint density at radius 2 is 1.79 bits per heavy atom. The van der Waals surface area contributed by atoms with Gasteiger partial charge in [-0.2, -0.15) is 0 Å². The molecule has 24 heavy (non-hydrogen) atoms. The van der Waals surface area contributed by atoms with Crippen LogP contribution in [-0.2, 0) is 19.6 Å². The molecule has 1 aromatic carbocycles. The largest absolute Gasteiger partial charge is 0.343 e. The lowest BCUT2D eigenvalue weighted by molar-refractivity contribution is -0.130. The summed E-state index contributed by atoms with van der Waals surface area (Å²) >= 11 is 0. The minimum Gasteiger partial charge on any atom is -0.343 e. The maximum Gasteiger partial charge on any atom is 0.232 e. The Bertz CT molecular complexity index is 684. The number of carbonyl (C=O) groups is 2. The van der Waals surface area contributed by atoms with Crippen LogP contribution in [-0.4, -0.2) is 51.0 Å². The molecule has 0 spiro atoms. The Morgan fingerprint density at radius 3 is 2.29 bits per heavy atom. The Hall–Kier alpha value is -2.09. The fourth-order valence-electron chi connectivity index (χ4n) is 2.36. The predicted octanol–water partition coefficient (Wildman–Crippen LogP) is 1.67. The Morgan fingerprint density at radius 1 is 1.17 bits per heavy atom. The van der Waals surface area contributed by atoms with Gasteiger partial charge in [-0.25, -0.2) is 8.42 Å². The third-order valence-electron chi connectivity index (χ3n) is 3.50.